The molecule has 0 aromatic heterocycles. The first kappa shape index (κ1) is 26.0. The van der Waals surface area contributed by atoms with Crippen molar-refractivity contribution in [3.63, 3.8) is 0 Å². The van der Waals surface area contributed by atoms with Gasteiger partial charge >= 0.3 is 0 Å². The number of aliphatic hydroxyl groups excluding tert-OH is 1. The second-order valence-electron chi connectivity index (χ2n) is 9.63. The summed E-state index contributed by atoms with van der Waals surface area (Å²) >= 11 is 3.56. The van der Waals surface area contributed by atoms with Crippen LogP contribution in [0.3, 0.4) is 0 Å². The molecular weight excluding hydrogens is 538 g/mol. The van der Waals surface area contributed by atoms with Crippen LogP contribution in [0.25, 0.3) is 5.76 Å². The molecule has 0 fully saturated rings. The zero-order valence-corrected chi connectivity index (χ0v) is 23.3. The van der Waals surface area contributed by atoms with Gasteiger partial charge in [-0.25, -0.2) is 0 Å². The Morgan fingerprint density at radius 3 is 2.37 bits per heavy atom. The van der Waals surface area contributed by atoms with Crippen molar-refractivity contribution in [3.05, 3.63) is 111 Å². The maximum atomic E-state index is 13.7. The van der Waals surface area contributed by atoms with E-state index in [2.05, 4.69) is 46.8 Å². The van der Waals surface area contributed by atoms with Crippen molar-refractivity contribution in [2.75, 3.05) is 22.9 Å². The summed E-state index contributed by atoms with van der Waals surface area (Å²) in [5, 5.41) is 21.2. The van der Waals surface area contributed by atoms with Crippen LogP contribution in [0.2, 0.25) is 0 Å². The molecule has 194 valence electrons. The predicted octanol–water partition coefficient (Wildman–Crippen LogP) is 7.85. The Balaban J connectivity index is 1.77. The van der Waals surface area contributed by atoms with Crippen molar-refractivity contribution in [2.45, 2.75) is 39.0 Å². The average molecular weight is 571 g/mol. The molecule has 1 heterocycles. The number of halogens is 1. The normalized spacial score (nSPS) is 18.9. The lowest BCUT2D eigenvalue weighted by atomic mass is 9.73. The SMILES string of the molecule is CCN(CC)c1ccc(C2C3=C(CCCC3=O)N(c3cccc(Br)c3)C(=N)/C2=C(/O)c2ccccc2)cc1. The zero-order valence-electron chi connectivity index (χ0n) is 21.7. The first-order valence-electron chi connectivity index (χ1n) is 13.2. The second kappa shape index (κ2) is 11.0. The monoisotopic (exact) mass is 569 g/mol. The summed E-state index contributed by atoms with van der Waals surface area (Å²) in [6.45, 7) is 6.07. The number of hydrogen-bond donors (Lipinski definition) is 2. The van der Waals surface area contributed by atoms with Crippen LogP contribution < -0.4 is 9.80 Å². The molecule has 0 spiro atoms. The highest BCUT2D eigenvalue weighted by Crippen LogP contribution is 2.48. The molecular formula is C32H32BrN3O2. The number of anilines is 2. The summed E-state index contributed by atoms with van der Waals surface area (Å²) in [5.74, 6) is -0.233. The Labute approximate surface area is 232 Å². The zero-order chi connectivity index (χ0) is 26.8. The van der Waals surface area contributed by atoms with E-state index in [4.69, 9.17) is 0 Å². The molecule has 0 saturated heterocycles. The van der Waals surface area contributed by atoms with Gasteiger partial charge in [-0.1, -0.05) is 64.5 Å². The number of carbonyl (C=O) groups is 1. The van der Waals surface area contributed by atoms with Crippen molar-refractivity contribution in [3.8, 4) is 0 Å². The number of carbonyl (C=O) groups excluding carboxylic acids is 1. The number of hydrogen-bond acceptors (Lipinski definition) is 4. The molecule has 1 aliphatic heterocycles. The summed E-state index contributed by atoms with van der Waals surface area (Å²) in [6.07, 6.45) is 1.90. The quantitative estimate of drug-likeness (QED) is 0.296. The van der Waals surface area contributed by atoms with E-state index in [1.807, 2.05) is 71.6 Å². The van der Waals surface area contributed by atoms with Crippen molar-refractivity contribution in [1.29, 1.82) is 5.41 Å². The molecule has 0 radical (unpaired) electrons. The fourth-order valence-electron chi connectivity index (χ4n) is 5.64. The van der Waals surface area contributed by atoms with E-state index < -0.39 is 5.92 Å². The van der Waals surface area contributed by atoms with E-state index in [1.54, 1.807) is 0 Å². The van der Waals surface area contributed by atoms with Crippen molar-refractivity contribution < 1.29 is 9.90 Å². The van der Waals surface area contributed by atoms with Crippen LogP contribution in [-0.4, -0.2) is 29.8 Å². The van der Waals surface area contributed by atoms with Gasteiger partial charge in [0, 0.05) is 63.7 Å². The minimum absolute atomic E-state index is 0.0262. The van der Waals surface area contributed by atoms with Gasteiger partial charge in [0.15, 0.2) is 5.78 Å². The molecule has 38 heavy (non-hydrogen) atoms. The molecule has 0 amide bonds. The summed E-state index contributed by atoms with van der Waals surface area (Å²) in [5.41, 5.74) is 5.41. The predicted molar refractivity (Wildman–Crippen MR) is 159 cm³/mol. The molecule has 3 aromatic carbocycles. The first-order chi connectivity index (χ1) is 18.4. The Morgan fingerprint density at radius 1 is 1.00 bits per heavy atom. The van der Waals surface area contributed by atoms with Crippen LogP contribution in [0.1, 0.15) is 50.2 Å². The number of rotatable bonds is 6. The molecule has 6 heteroatoms. The maximum absolute atomic E-state index is 13.7. The van der Waals surface area contributed by atoms with Gasteiger partial charge in [-0.05, 0) is 62.6 Å². The van der Waals surface area contributed by atoms with E-state index in [1.165, 1.54) is 0 Å². The van der Waals surface area contributed by atoms with Crippen LogP contribution in [0.5, 0.6) is 0 Å². The summed E-state index contributed by atoms with van der Waals surface area (Å²) in [4.78, 5) is 17.8. The number of nitrogens with one attached hydrogen (secondary N) is 1. The van der Waals surface area contributed by atoms with Crippen LogP contribution in [0.4, 0.5) is 11.4 Å². The fraction of sp³-hybridized carbons (Fsp3) is 0.250. The Bertz CT molecular complexity index is 1420. The third-order valence-corrected chi connectivity index (χ3v) is 7.97. The fourth-order valence-corrected chi connectivity index (χ4v) is 6.03. The van der Waals surface area contributed by atoms with E-state index in [9.17, 15) is 15.3 Å². The molecule has 3 aromatic rings. The van der Waals surface area contributed by atoms with Crippen molar-refractivity contribution >= 4 is 44.7 Å². The summed E-state index contributed by atoms with van der Waals surface area (Å²) in [7, 11) is 0. The minimum atomic E-state index is -0.528. The second-order valence-corrected chi connectivity index (χ2v) is 10.5. The standard InChI is InChI=1S/C32H32BrN3O2/c1-3-35(4-2)24-18-16-21(17-19-24)28-29-26(14-9-15-27(29)37)36(25-13-8-12-23(33)20-25)32(34)30(28)31(38)22-10-6-5-7-11-22/h5-8,10-13,16-20,28,34,38H,3-4,9,14-15H2,1-2H3/b31-30+,34-32?. The molecule has 2 N–H and O–H groups in total. The molecule has 5 nitrogen and oxygen atoms in total. The molecule has 2 aliphatic rings. The van der Waals surface area contributed by atoms with Gasteiger partial charge in [-0.15, -0.1) is 0 Å². The highest BCUT2D eigenvalue weighted by atomic mass is 79.9. The highest BCUT2D eigenvalue weighted by Gasteiger charge is 2.43. The number of aliphatic hydroxyl groups is 1. The van der Waals surface area contributed by atoms with Crippen LogP contribution in [-0.2, 0) is 4.79 Å². The highest BCUT2D eigenvalue weighted by molar-refractivity contribution is 9.10. The number of Topliss-reactive ketones (excluding diaryl/α,β-unsaturated/α-hetero) is 1. The average Bonchev–Trinajstić information content (AvgIpc) is 2.94. The van der Waals surface area contributed by atoms with E-state index >= 15 is 0 Å². The molecule has 1 unspecified atom stereocenters. The molecule has 0 saturated carbocycles. The third-order valence-electron chi connectivity index (χ3n) is 7.48. The summed E-state index contributed by atoms with van der Waals surface area (Å²) < 4.78 is 0.888. The lowest BCUT2D eigenvalue weighted by molar-refractivity contribution is -0.116. The van der Waals surface area contributed by atoms with Gasteiger partial charge in [-0.3, -0.25) is 15.1 Å². The number of amidine groups is 1. The van der Waals surface area contributed by atoms with Crippen molar-refractivity contribution in [1.82, 2.24) is 0 Å². The largest absolute Gasteiger partial charge is 0.507 e. The van der Waals surface area contributed by atoms with Crippen LogP contribution >= 0.6 is 15.9 Å². The van der Waals surface area contributed by atoms with Gasteiger partial charge < -0.3 is 10.0 Å². The lowest BCUT2D eigenvalue weighted by Crippen LogP contribution is -2.42. The van der Waals surface area contributed by atoms with Gasteiger partial charge in [0.25, 0.3) is 0 Å². The van der Waals surface area contributed by atoms with Crippen LogP contribution in [0, 0.1) is 5.41 Å². The number of ketones is 1. The lowest BCUT2D eigenvalue weighted by Gasteiger charge is -2.42. The van der Waals surface area contributed by atoms with Crippen LogP contribution in [0.15, 0.2) is 100 Å². The molecule has 1 aliphatic carbocycles. The van der Waals surface area contributed by atoms with Gasteiger partial charge in [-0.2, -0.15) is 0 Å². The van der Waals surface area contributed by atoms with Gasteiger partial charge in [0.1, 0.15) is 11.6 Å². The van der Waals surface area contributed by atoms with Gasteiger partial charge in [0.2, 0.25) is 0 Å². The minimum Gasteiger partial charge on any atom is -0.507 e. The van der Waals surface area contributed by atoms with E-state index in [0.29, 0.717) is 29.6 Å². The Morgan fingerprint density at radius 2 is 1.71 bits per heavy atom. The molecule has 0 bridgehead atoms. The maximum Gasteiger partial charge on any atom is 0.161 e. The third kappa shape index (κ3) is 4.69. The molecule has 5 rings (SSSR count). The summed E-state index contributed by atoms with van der Waals surface area (Å²) in [6, 6.07) is 25.3. The Kier molecular flexibility index (Phi) is 7.52. The first-order valence-corrected chi connectivity index (χ1v) is 14.0. The molecule has 1 atom stereocenters. The number of benzene rings is 3. The topological polar surface area (TPSA) is 67.6 Å². The number of nitrogens with zero attached hydrogens (tertiary/aromatic N) is 2. The van der Waals surface area contributed by atoms with Gasteiger partial charge in [0.05, 0.1) is 0 Å². The van der Waals surface area contributed by atoms with Crippen molar-refractivity contribution in [2.24, 2.45) is 0 Å². The smallest absolute Gasteiger partial charge is 0.161 e. The number of allylic oxidation sites excluding steroid dienone is 2. The van der Waals surface area contributed by atoms with E-state index in [-0.39, 0.29) is 17.4 Å². The Hall–Kier alpha value is -3.64. The van der Waals surface area contributed by atoms with E-state index in [0.717, 1.165) is 46.6 Å².